The third-order valence-electron chi connectivity index (χ3n) is 4.82. The molecule has 144 valence electrons. The summed E-state index contributed by atoms with van der Waals surface area (Å²) in [5, 5.41) is 12.2. The van der Waals surface area contributed by atoms with Gasteiger partial charge in [0.15, 0.2) is 5.82 Å². The maximum Gasteiger partial charge on any atom is 0.222 e. The molecule has 3 heterocycles. The molecular formula is C19H16F3N5O. The summed E-state index contributed by atoms with van der Waals surface area (Å²) in [4.78, 5) is 16.2. The number of hydrogen-bond acceptors (Lipinski definition) is 6. The Kier molecular flexibility index (Phi) is 4.58. The molecule has 0 spiro atoms. The van der Waals surface area contributed by atoms with E-state index in [4.69, 9.17) is 0 Å². The highest BCUT2D eigenvalue weighted by Crippen LogP contribution is 2.45. The molecule has 6 nitrogen and oxygen atoms in total. The van der Waals surface area contributed by atoms with Gasteiger partial charge >= 0.3 is 0 Å². The Morgan fingerprint density at radius 1 is 1.07 bits per heavy atom. The number of rotatable bonds is 5. The van der Waals surface area contributed by atoms with Gasteiger partial charge in [-0.2, -0.15) is 0 Å². The summed E-state index contributed by atoms with van der Waals surface area (Å²) in [7, 11) is 0. The van der Waals surface area contributed by atoms with Crippen LogP contribution in [0.25, 0.3) is 11.3 Å². The summed E-state index contributed by atoms with van der Waals surface area (Å²) in [6, 6.07) is 3.74. The Labute approximate surface area is 158 Å². The van der Waals surface area contributed by atoms with Gasteiger partial charge in [0.1, 0.15) is 23.4 Å². The van der Waals surface area contributed by atoms with E-state index < -0.39 is 23.2 Å². The third-order valence-corrected chi connectivity index (χ3v) is 4.82. The zero-order valence-electron chi connectivity index (χ0n) is 14.6. The molecule has 0 bridgehead atoms. The molecule has 1 saturated carbocycles. The van der Waals surface area contributed by atoms with Gasteiger partial charge in [0.2, 0.25) is 5.95 Å². The van der Waals surface area contributed by atoms with E-state index in [9.17, 15) is 18.3 Å². The first-order chi connectivity index (χ1) is 13.5. The summed E-state index contributed by atoms with van der Waals surface area (Å²) >= 11 is 0. The minimum Gasteiger partial charge on any atom is -0.506 e. The van der Waals surface area contributed by atoms with Crippen molar-refractivity contribution in [3.05, 3.63) is 60.3 Å². The topological polar surface area (TPSA) is 83.8 Å². The van der Waals surface area contributed by atoms with Crippen LogP contribution in [0.5, 0.6) is 5.75 Å². The molecule has 0 unspecified atom stereocenters. The Morgan fingerprint density at radius 3 is 2.46 bits per heavy atom. The Hall–Kier alpha value is -3.23. The van der Waals surface area contributed by atoms with Gasteiger partial charge in [-0.3, -0.25) is 4.98 Å². The van der Waals surface area contributed by atoms with Crippen LogP contribution in [0.3, 0.4) is 0 Å². The molecule has 9 heteroatoms. The van der Waals surface area contributed by atoms with Crippen LogP contribution in [0.1, 0.15) is 18.5 Å². The number of aromatic hydroxyl groups is 1. The monoisotopic (exact) mass is 387 g/mol. The standard InChI is InChI=1S/C19H16F3N5O/c20-12-5-19(6-12,17-14(21)2-1-3-23-17)10-27-18-25-7-11(8-26-18)16-15(22)4-13(28)9-24-16/h1-4,7-9,12,28H,5-6,10H2,(H,25,26,27)/t12-,19-. The average molecular weight is 387 g/mol. The first-order valence-electron chi connectivity index (χ1n) is 8.63. The van der Waals surface area contributed by atoms with E-state index in [1.165, 1.54) is 30.7 Å². The number of hydrogen-bond donors (Lipinski definition) is 2. The van der Waals surface area contributed by atoms with Crippen LogP contribution in [0, 0.1) is 11.6 Å². The molecule has 3 aromatic rings. The maximum atomic E-state index is 14.2. The molecule has 1 aliphatic carbocycles. The van der Waals surface area contributed by atoms with Crippen LogP contribution >= 0.6 is 0 Å². The molecule has 1 aliphatic rings. The van der Waals surface area contributed by atoms with Crippen molar-refractivity contribution >= 4 is 5.95 Å². The highest BCUT2D eigenvalue weighted by atomic mass is 19.1. The van der Waals surface area contributed by atoms with Gasteiger partial charge in [0, 0.05) is 42.2 Å². The van der Waals surface area contributed by atoms with E-state index in [2.05, 4.69) is 25.3 Å². The fraction of sp³-hybridized carbons (Fsp3) is 0.263. The highest BCUT2D eigenvalue weighted by molar-refractivity contribution is 5.58. The molecule has 0 saturated heterocycles. The minimum absolute atomic E-state index is 0.00985. The lowest BCUT2D eigenvalue weighted by atomic mass is 9.65. The molecule has 1 fully saturated rings. The summed E-state index contributed by atoms with van der Waals surface area (Å²) < 4.78 is 41.6. The number of alkyl halides is 1. The predicted molar refractivity (Wildman–Crippen MR) is 95.4 cm³/mol. The van der Waals surface area contributed by atoms with Crippen molar-refractivity contribution in [3.8, 4) is 17.0 Å². The number of nitrogens with one attached hydrogen (secondary N) is 1. The Bertz CT molecular complexity index is 993. The highest BCUT2D eigenvalue weighted by Gasteiger charge is 2.48. The molecule has 0 amide bonds. The zero-order valence-corrected chi connectivity index (χ0v) is 14.6. The van der Waals surface area contributed by atoms with E-state index >= 15 is 0 Å². The summed E-state index contributed by atoms with van der Waals surface area (Å²) in [5.74, 6) is -1.21. The van der Waals surface area contributed by atoms with Gasteiger partial charge in [-0.25, -0.2) is 28.1 Å². The van der Waals surface area contributed by atoms with E-state index in [-0.39, 0.29) is 42.5 Å². The van der Waals surface area contributed by atoms with Crippen LogP contribution in [-0.4, -0.2) is 37.8 Å². The van der Waals surface area contributed by atoms with E-state index in [1.54, 1.807) is 0 Å². The van der Waals surface area contributed by atoms with Gasteiger partial charge in [0.25, 0.3) is 0 Å². The van der Waals surface area contributed by atoms with Crippen LogP contribution in [0.15, 0.2) is 43.0 Å². The molecule has 2 N–H and O–H groups in total. The Balaban J connectivity index is 1.51. The third kappa shape index (κ3) is 3.35. The lowest BCUT2D eigenvalue weighted by molar-refractivity contribution is 0.0963. The average Bonchev–Trinajstić information content (AvgIpc) is 2.65. The molecule has 0 aromatic carbocycles. The number of pyridine rings is 2. The molecular weight excluding hydrogens is 371 g/mol. The molecule has 0 radical (unpaired) electrons. The van der Waals surface area contributed by atoms with Crippen molar-refractivity contribution < 1.29 is 18.3 Å². The van der Waals surface area contributed by atoms with Crippen molar-refractivity contribution in [2.45, 2.75) is 24.4 Å². The Morgan fingerprint density at radius 2 is 1.82 bits per heavy atom. The predicted octanol–water partition coefficient (Wildman–Crippen LogP) is 3.40. The van der Waals surface area contributed by atoms with Crippen LogP contribution in [-0.2, 0) is 5.41 Å². The lowest BCUT2D eigenvalue weighted by Crippen LogP contribution is -2.49. The molecule has 0 aliphatic heterocycles. The smallest absolute Gasteiger partial charge is 0.222 e. The van der Waals surface area contributed by atoms with Gasteiger partial charge in [-0.1, -0.05) is 0 Å². The van der Waals surface area contributed by atoms with E-state index in [0.717, 1.165) is 12.3 Å². The van der Waals surface area contributed by atoms with Crippen LogP contribution in [0.2, 0.25) is 0 Å². The number of nitrogens with zero attached hydrogens (tertiary/aromatic N) is 4. The molecule has 4 rings (SSSR count). The maximum absolute atomic E-state index is 14.2. The normalized spacial score (nSPS) is 21.2. The second kappa shape index (κ2) is 7.06. The quantitative estimate of drug-likeness (QED) is 0.698. The molecule has 28 heavy (non-hydrogen) atoms. The number of anilines is 1. The molecule has 3 aromatic heterocycles. The first kappa shape index (κ1) is 18.1. The van der Waals surface area contributed by atoms with Crippen molar-refractivity contribution in [1.82, 2.24) is 19.9 Å². The van der Waals surface area contributed by atoms with Gasteiger partial charge < -0.3 is 10.4 Å². The second-order valence-corrected chi connectivity index (χ2v) is 6.79. The second-order valence-electron chi connectivity index (χ2n) is 6.79. The van der Waals surface area contributed by atoms with Crippen molar-refractivity contribution in [3.63, 3.8) is 0 Å². The van der Waals surface area contributed by atoms with Crippen molar-refractivity contribution in [2.24, 2.45) is 0 Å². The molecule has 0 atom stereocenters. The van der Waals surface area contributed by atoms with Crippen LogP contribution < -0.4 is 5.32 Å². The minimum atomic E-state index is -1.00. The van der Waals surface area contributed by atoms with E-state index in [1.807, 2.05) is 0 Å². The summed E-state index contributed by atoms with van der Waals surface area (Å²) in [6.07, 6.45) is 4.68. The number of halogens is 3. The van der Waals surface area contributed by atoms with Gasteiger partial charge in [-0.15, -0.1) is 0 Å². The first-order valence-corrected chi connectivity index (χ1v) is 8.63. The number of aromatic nitrogens is 4. The fourth-order valence-electron chi connectivity index (χ4n) is 3.42. The van der Waals surface area contributed by atoms with Gasteiger partial charge in [0.05, 0.1) is 11.9 Å². The SMILES string of the molecule is Oc1cnc(-c2cnc(NC[C@]3(c4ncccc4F)C[C@H](F)C3)nc2)c(F)c1. The van der Waals surface area contributed by atoms with Gasteiger partial charge in [-0.05, 0) is 25.0 Å². The largest absolute Gasteiger partial charge is 0.506 e. The van der Waals surface area contributed by atoms with Crippen LogP contribution in [0.4, 0.5) is 19.1 Å². The summed E-state index contributed by atoms with van der Waals surface area (Å²) in [5.41, 5.74) is -0.197. The van der Waals surface area contributed by atoms with E-state index in [0.29, 0.717) is 5.56 Å². The van der Waals surface area contributed by atoms with Crippen molar-refractivity contribution in [2.75, 3.05) is 11.9 Å². The lowest BCUT2D eigenvalue weighted by Gasteiger charge is -2.43. The summed E-state index contributed by atoms with van der Waals surface area (Å²) in [6.45, 7) is 0.215. The van der Waals surface area contributed by atoms with Crippen molar-refractivity contribution in [1.29, 1.82) is 0 Å². The fourth-order valence-corrected chi connectivity index (χ4v) is 3.42. The zero-order chi connectivity index (χ0) is 19.7.